The van der Waals surface area contributed by atoms with Crippen molar-refractivity contribution >= 4 is 17.6 Å². The standard InChI is InChI=1S/C15H20N6O2/c1-22-8-7-15(16)6-5-13-19-12(10-21(13)20-15)18-11-3-4-14(23-2)17-9-11/h3-6,9-10,18,20H,7-8,16H2,1-2H3. The Balaban J connectivity index is 1.72. The van der Waals surface area contributed by atoms with E-state index in [2.05, 4.69) is 20.7 Å². The quantitative estimate of drug-likeness (QED) is 0.738. The van der Waals surface area contributed by atoms with Crippen LogP contribution in [-0.2, 0) is 4.74 Å². The summed E-state index contributed by atoms with van der Waals surface area (Å²) in [6.45, 7) is 0.570. The second-order valence-electron chi connectivity index (χ2n) is 5.30. The lowest BCUT2D eigenvalue weighted by Crippen LogP contribution is -2.52. The van der Waals surface area contributed by atoms with Crippen molar-refractivity contribution in [3.63, 3.8) is 0 Å². The lowest BCUT2D eigenvalue weighted by Gasteiger charge is -2.31. The first kappa shape index (κ1) is 15.3. The first-order valence-electron chi connectivity index (χ1n) is 7.23. The molecule has 0 amide bonds. The third-order valence-electron chi connectivity index (χ3n) is 3.53. The number of methoxy groups -OCH3 is 2. The van der Waals surface area contributed by atoms with E-state index in [0.29, 0.717) is 24.7 Å². The van der Waals surface area contributed by atoms with Crippen molar-refractivity contribution in [1.29, 1.82) is 0 Å². The number of fused-ring (bicyclic) bond motifs is 1. The lowest BCUT2D eigenvalue weighted by atomic mass is 10.1. The average molecular weight is 316 g/mol. The summed E-state index contributed by atoms with van der Waals surface area (Å²) in [5, 5.41) is 3.19. The largest absolute Gasteiger partial charge is 0.481 e. The highest BCUT2D eigenvalue weighted by Crippen LogP contribution is 2.21. The Hall–Kier alpha value is -2.58. The average Bonchev–Trinajstić information content (AvgIpc) is 2.95. The molecule has 122 valence electrons. The van der Waals surface area contributed by atoms with Gasteiger partial charge >= 0.3 is 0 Å². The summed E-state index contributed by atoms with van der Waals surface area (Å²) in [5.41, 5.74) is 9.68. The van der Waals surface area contributed by atoms with Gasteiger partial charge in [-0.05, 0) is 18.2 Å². The van der Waals surface area contributed by atoms with Gasteiger partial charge in [-0.3, -0.25) is 0 Å². The highest BCUT2D eigenvalue weighted by atomic mass is 16.5. The van der Waals surface area contributed by atoms with Gasteiger partial charge in [-0.1, -0.05) is 0 Å². The minimum absolute atomic E-state index is 0.565. The summed E-state index contributed by atoms with van der Waals surface area (Å²) >= 11 is 0. The third-order valence-corrected chi connectivity index (χ3v) is 3.53. The SMILES string of the molecule is COCCC1(N)C=Cc2nc(Nc3ccc(OC)nc3)cn2N1. The van der Waals surface area contributed by atoms with Crippen molar-refractivity contribution in [1.82, 2.24) is 14.6 Å². The molecule has 2 aromatic heterocycles. The zero-order chi connectivity index (χ0) is 16.3. The van der Waals surface area contributed by atoms with Crippen LogP contribution in [0, 0.1) is 0 Å². The van der Waals surface area contributed by atoms with Crippen molar-refractivity contribution in [2.24, 2.45) is 5.73 Å². The van der Waals surface area contributed by atoms with E-state index in [-0.39, 0.29) is 0 Å². The van der Waals surface area contributed by atoms with Gasteiger partial charge in [-0.25, -0.2) is 14.6 Å². The Kier molecular flexibility index (Phi) is 4.18. The predicted molar refractivity (Wildman–Crippen MR) is 88.1 cm³/mol. The Morgan fingerprint density at radius 1 is 1.39 bits per heavy atom. The van der Waals surface area contributed by atoms with Crippen molar-refractivity contribution in [2.45, 2.75) is 12.1 Å². The molecule has 2 aromatic rings. The number of aromatic nitrogens is 3. The lowest BCUT2D eigenvalue weighted by molar-refractivity contribution is 0.179. The van der Waals surface area contributed by atoms with Gasteiger partial charge in [0.15, 0.2) is 11.6 Å². The maximum Gasteiger partial charge on any atom is 0.213 e. The Morgan fingerprint density at radius 3 is 2.96 bits per heavy atom. The highest BCUT2D eigenvalue weighted by molar-refractivity contribution is 5.58. The predicted octanol–water partition coefficient (Wildman–Crippen LogP) is 1.29. The van der Waals surface area contributed by atoms with Gasteiger partial charge in [0.2, 0.25) is 5.88 Å². The first-order chi connectivity index (χ1) is 11.1. The first-order valence-corrected chi connectivity index (χ1v) is 7.23. The van der Waals surface area contributed by atoms with E-state index in [1.165, 1.54) is 0 Å². The van der Waals surface area contributed by atoms with E-state index in [1.807, 2.05) is 24.4 Å². The Bertz CT molecular complexity index is 696. The topological polar surface area (TPSA) is 99.2 Å². The molecule has 0 fully saturated rings. The molecule has 3 heterocycles. The van der Waals surface area contributed by atoms with Crippen LogP contribution >= 0.6 is 0 Å². The number of pyridine rings is 1. The van der Waals surface area contributed by atoms with Crippen LogP contribution in [0.1, 0.15) is 12.2 Å². The maximum atomic E-state index is 6.28. The van der Waals surface area contributed by atoms with Crippen molar-refractivity contribution in [3.8, 4) is 5.88 Å². The van der Waals surface area contributed by atoms with Gasteiger partial charge in [-0.2, -0.15) is 0 Å². The monoisotopic (exact) mass is 316 g/mol. The summed E-state index contributed by atoms with van der Waals surface area (Å²) in [7, 11) is 3.24. The van der Waals surface area contributed by atoms with Crippen molar-refractivity contribution in [3.05, 3.63) is 36.4 Å². The molecule has 1 atom stereocenters. The molecule has 0 radical (unpaired) electrons. The van der Waals surface area contributed by atoms with E-state index >= 15 is 0 Å². The number of rotatable bonds is 6. The summed E-state index contributed by atoms with van der Waals surface area (Å²) in [6, 6.07) is 3.66. The van der Waals surface area contributed by atoms with Gasteiger partial charge in [0.25, 0.3) is 0 Å². The second-order valence-corrected chi connectivity index (χ2v) is 5.30. The zero-order valence-electron chi connectivity index (χ0n) is 13.1. The molecule has 1 aliphatic rings. The summed E-state index contributed by atoms with van der Waals surface area (Å²) in [5.74, 6) is 2.03. The molecular weight excluding hydrogens is 296 g/mol. The molecule has 8 heteroatoms. The number of nitrogens with zero attached hydrogens (tertiary/aromatic N) is 3. The number of anilines is 2. The number of nitrogens with two attached hydrogens (primary N) is 1. The minimum atomic E-state index is -0.650. The smallest absolute Gasteiger partial charge is 0.213 e. The fraction of sp³-hybridized carbons (Fsp3) is 0.333. The van der Waals surface area contributed by atoms with E-state index in [0.717, 1.165) is 11.5 Å². The van der Waals surface area contributed by atoms with Crippen LogP contribution in [0.4, 0.5) is 11.5 Å². The van der Waals surface area contributed by atoms with Crippen LogP contribution < -0.4 is 21.2 Å². The Morgan fingerprint density at radius 2 is 2.26 bits per heavy atom. The third kappa shape index (κ3) is 3.43. The van der Waals surface area contributed by atoms with Crippen LogP contribution in [0.2, 0.25) is 0 Å². The van der Waals surface area contributed by atoms with Crippen LogP contribution in [0.15, 0.2) is 30.6 Å². The molecule has 0 saturated heterocycles. The molecule has 0 bridgehead atoms. The molecule has 1 unspecified atom stereocenters. The van der Waals surface area contributed by atoms with E-state index in [9.17, 15) is 0 Å². The molecule has 4 N–H and O–H groups in total. The van der Waals surface area contributed by atoms with Gasteiger partial charge in [-0.15, -0.1) is 0 Å². The Labute approximate surface area is 134 Å². The van der Waals surface area contributed by atoms with Gasteiger partial charge < -0.3 is 25.9 Å². The molecule has 8 nitrogen and oxygen atoms in total. The van der Waals surface area contributed by atoms with Crippen molar-refractivity contribution in [2.75, 3.05) is 31.6 Å². The fourth-order valence-electron chi connectivity index (χ4n) is 2.28. The normalized spacial score (nSPS) is 19.1. The molecule has 0 spiro atoms. The fourth-order valence-corrected chi connectivity index (χ4v) is 2.28. The van der Waals surface area contributed by atoms with Gasteiger partial charge in [0, 0.05) is 19.6 Å². The minimum Gasteiger partial charge on any atom is -0.481 e. The number of imidazole rings is 1. The molecule has 1 aliphatic heterocycles. The molecular formula is C15H20N6O2. The maximum absolute atomic E-state index is 6.28. The van der Waals surface area contributed by atoms with Crippen LogP contribution in [-0.4, -0.2) is 41.1 Å². The number of ether oxygens (including phenoxy) is 2. The molecule has 0 aromatic carbocycles. The zero-order valence-corrected chi connectivity index (χ0v) is 13.1. The van der Waals surface area contributed by atoms with Crippen LogP contribution in [0.3, 0.4) is 0 Å². The molecule has 0 saturated carbocycles. The number of hydrogen-bond acceptors (Lipinski definition) is 7. The number of hydrogen-bond donors (Lipinski definition) is 3. The number of nitrogens with one attached hydrogen (secondary N) is 2. The summed E-state index contributed by atoms with van der Waals surface area (Å²) in [4.78, 5) is 8.64. The highest BCUT2D eigenvalue weighted by Gasteiger charge is 2.26. The van der Waals surface area contributed by atoms with Crippen LogP contribution in [0.5, 0.6) is 5.88 Å². The molecule has 3 rings (SSSR count). The van der Waals surface area contributed by atoms with E-state index < -0.39 is 5.66 Å². The van der Waals surface area contributed by atoms with E-state index in [4.69, 9.17) is 15.2 Å². The van der Waals surface area contributed by atoms with Gasteiger partial charge in [0.05, 0.1) is 31.8 Å². The molecule has 23 heavy (non-hydrogen) atoms. The van der Waals surface area contributed by atoms with Gasteiger partial charge in [0.1, 0.15) is 5.66 Å². The summed E-state index contributed by atoms with van der Waals surface area (Å²) < 4.78 is 11.9. The second kappa shape index (κ2) is 6.27. The molecule has 0 aliphatic carbocycles. The van der Waals surface area contributed by atoms with E-state index in [1.54, 1.807) is 31.2 Å². The summed E-state index contributed by atoms with van der Waals surface area (Å²) in [6.07, 6.45) is 7.98. The van der Waals surface area contributed by atoms with Crippen molar-refractivity contribution < 1.29 is 9.47 Å². The van der Waals surface area contributed by atoms with Crippen LogP contribution in [0.25, 0.3) is 6.08 Å².